The van der Waals surface area contributed by atoms with Gasteiger partial charge in [-0.05, 0) is 38.0 Å². The minimum Gasteiger partial charge on any atom is -0.495 e. The van der Waals surface area contributed by atoms with Gasteiger partial charge in [-0.2, -0.15) is 0 Å². The molecule has 1 aromatic rings. The average Bonchev–Trinajstić information content (AvgIpc) is 2.23. The van der Waals surface area contributed by atoms with Crippen molar-refractivity contribution >= 4 is 9.84 Å². The lowest BCUT2D eigenvalue weighted by atomic mass is 9.96. The van der Waals surface area contributed by atoms with Gasteiger partial charge >= 0.3 is 0 Å². The van der Waals surface area contributed by atoms with Crippen molar-refractivity contribution in [2.75, 3.05) is 20.5 Å². The Balaban J connectivity index is 3.45. The molecule has 0 spiro atoms. The molecule has 0 fully saturated rings. The van der Waals surface area contributed by atoms with Crippen LogP contribution in [0.3, 0.4) is 0 Å². The van der Waals surface area contributed by atoms with Gasteiger partial charge in [0.1, 0.15) is 11.5 Å². The normalized spacial score (nSPS) is 12.3. The Bertz CT molecular complexity index is 533. The average molecular weight is 287 g/mol. The maximum absolute atomic E-state index is 11.8. The Morgan fingerprint density at radius 1 is 1.16 bits per heavy atom. The smallest absolute Gasteiger partial charge is 0.182 e. The molecule has 108 valence electrons. The van der Waals surface area contributed by atoms with Crippen LogP contribution in [0.25, 0.3) is 0 Å². The third-order valence-corrected chi connectivity index (χ3v) is 3.69. The van der Waals surface area contributed by atoms with Crippen LogP contribution in [0.1, 0.15) is 19.4 Å². The molecular formula is C13H21NO4S. The summed E-state index contributed by atoms with van der Waals surface area (Å²) in [5.74, 6) is 0.558. The number of rotatable bonds is 5. The summed E-state index contributed by atoms with van der Waals surface area (Å²) in [5, 5.41) is 0. The second-order valence-corrected chi connectivity index (χ2v) is 7.22. The van der Waals surface area contributed by atoms with Gasteiger partial charge in [0.05, 0.1) is 14.2 Å². The van der Waals surface area contributed by atoms with E-state index in [-0.39, 0.29) is 16.4 Å². The third kappa shape index (κ3) is 4.11. The summed E-state index contributed by atoms with van der Waals surface area (Å²) in [4.78, 5) is 0.0658. The van der Waals surface area contributed by atoms with Gasteiger partial charge in [-0.25, -0.2) is 8.42 Å². The summed E-state index contributed by atoms with van der Waals surface area (Å²) in [6, 6.07) is 3.38. The molecular weight excluding hydrogens is 266 g/mol. The molecule has 2 N–H and O–H groups in total. The van der Waals surface area contributed by atoms with Crippen molar-refractivity contribution < 1.29 is 17.9 Å². The number of ether oxygens (including phenoxy) is 2. The second-order valence-electron chi connectivity index (χ2n) is 5.27. The minimum atomic E-state index is -3.43. The van der Waals surface area contributed by atoms with Crippen LogP contribution in [0.4, 0.5) is 0 Å². The number of sulfone groups is 1. The molecule has 0 aliphatic heterocycles. The maximum Gasteiger partial charge on any atom is 0.182 e. The SMILES string of the molecule is COc1cc(CC(C)(C)N)cc(OC)c1S(C)(=O)=O. The predicted octanol–water partition coefficient (Wildman–Crippen LogP) is 1.39. The molecule has 19 heavy (non-hydrogen) atoms. The van der Waals surface area contributed by atoms with Crippen LogP contribution in [0.5, 0.6) is 11.5 Å². The van der Waals surface area contributed by atoms with Crippen LogP contribution in [0, 0.1) is 0 Å². The van der Waals surface area contributed by atoms with Crippen molar-refractivity contribution in [1.82, 2.24) is 0 Å². The van der Waals surface area contributed by atoms with Gasteiger partial charge in [-0.1, -0.05) is 0 Å². The van der Waals surface area contributed by atoms with Gasteiger partial charge < -0.3 is 15.2 Å². The van der Waals surface area contributed by atoms with Crippen molar-refractivity contribution in [3.8, 4) is 11.5 Å². The summed E-state index contributed by atoms with van der Waals surface area (Å²) < 4.78 is 33.9. The molecule has 6 heteroatoms. The predicted molar refractivity (Wildman–Crippen MR) is 74.6 cm³/mol. The van der Waals surface area contributed by atoms with E-state index in [0.29, 0.717) is 6.42 Å². The van der Waals surface area contributed by atoms with Gasteiger partial charge in [-0.3, -0.25) is 0 Å². The van der Waals surface area contributed by atoms with E-state index in [9.17, 15) is 8.42 Å². The highest BCUT2D eigenvalue weighted by Gasteiger charge is 2.23. The van der Waals surface area contributed by atoms with Gasteiger partial charge in [0.2, 0.25) is 0 Å². The molecule has 0 aliphatic rings. The second kappa shape index (κ2) is 5.38. The number of methoxy groups -OCH3 is 2. The molecule has 0 radical (unpaired) electrons. The van der Waals surface area contributed by atoms with Gasteiger partial charge in [0, 0.05) is 11.8 Å². The Morgan fingerprint density at radius 3 is 1.84 bits per heavy atom. The van der Waals surface area contributed by atoms with Crippen molar-refractivity contribution in [1.29, 1.82) is 0 Å². The van der Waals surface area contributed by atoms with Gasteiger partial charge in [-0.15, -0.1) is 0 Å². The van der Waals surface area contributed by atoms with Crippen LogP contribution in [-0.4, -0.2) is 34.4 Å². The largest absolute Gasteiger partial charge is 0.495 e. The lowest BCUT2D eigenvalue weighted by Gasteiger charge is -2.20. The van der Waals surface area contributed by atoms with E-state index < -0.39 is 15.4 Å². The van der Waals surface area contributed by atoms with E-state index >= 15 is 0 Å². The summed E-state index contributed by atoms with van der Waals surface area (Å²) >= 11 is 0. The topological polar surface area (TPSA) is 78.6 Å². The quantitative estimate of drug-likeness (QED) is 0.885. The highest BCUT2D eigenvalue weighted by molar-refractivity contribution is 7.91. The van der Waals surface area contributed by atoms with Gasteiger partial charge in [0.25, 0.3) is 0 Å². The maximum atomic E-state index is 11.8. The first-order valence-electron chi connectivity index (χ1n) is 5.82. The summed E-state index contributed by atoms with van der Waals surface area (Å²) in [6.07, 6.45) is 1.71. The Hall–Kier alpha value is -1.27. The lowest BCUT2D eigenvalue weighted by molar-refractivity contribution is 0.371. The van der Waals surface area contributed by atoms with Crippen LogP contribution in [0.15, 0.2) is 17.0 Å². The minimum absolute atomic E-state index is 0.0658. The van der Waals surface area contributed by atoms with Crippen molar-refractivity contribution in [2.24, 2.45) is 5.73 Å². The molecule has 0 saturated heterocycles. The Morgan fingerprint density at radius 2 is 1.58 bits per heavy atom. The van der Waals surface area contributed by atoms with Crippen molar-refractivity contribution in [3.05, 3.63) is 17.7 Å². The molecule has 1 aromatic carbocycles. The van der Waals surface area contributed by atoms with E-state index in [1.807, 2.05) is 13.8 Å². The fraction of sp³-hybridized carbons (Fsp3) is 0.538. The molecule has 0 amide bonds. The molecule has 0 atom stereocenters. The van der Waals surface area contributed by atoms with Crippen LogP contribution in [-0.2, 0) is 16.3 Å². The molecule has 1 rings (SSSR count). The van der Waals surface area contributed by atoms with Crippen molar-refractivity contribution in [2.45, 2.75) is 30.7 Å². The van der Waals surface area contributed by atoms with E-state index in [4.69, 9.17) is 15.2 Å². The molecule has 0 aromatic heterocycles. The number of hydrogen-bond acceptors (Lipinski definition) is 5. The third-order valence-electron chi connectivity index (χ3n) is 2.55. The van der Waals surface area contributed by atoms with E-state index in [2.05, 4.69) is 0 Å². The number of hydrogen-bond donors (Lipinski definition) is 1. The monoisotopic (exact) mass is 287 g/mol. The summed E-state index contributed by atoms with van der Waals surface area (Å²) in [7, 11) is -0.567. The zero-order chi connectivity index (χ0) is 14.8. The highest BCUT2D eigenvalue weighted by atomic mass is 32.2. The van der Waals surface area contributed by atoms with Crippen LogP contribution < -0.4 is 15.2 Å². The van der Waals surface area contributed by atoms with E-state index in [1.54, 1.807) is 12.1 Å². The fourth-order valence-corrected chi connectivity index (χ4v) is 2.94. The van der Waals surface area contributed by atoms with Crippen LogP contribution >= 0.6 is 0 Å². The number of benzene rings is 1. The Kier molecular flexibility index (Phi) is 4.47. The standard InChI is InChI=1S/C13H21NO4S/c1-13(2,14)8-9-6-10(17-3)12(19(5,15)16)11(7-9)18-4/h6-7H,8,14H2,1-5H3. The molecule has 0 unspecified atom stereocenters. The molecule has 0 heterocycles. The lowest BCUT2D eigenvalue weighted by Crippen LogP contribution is -2.34. The zero-order valence-electron chi connectivity index (χ0n) is 12.0. The van der Waals surface area contributed by atoms with Crippen LogP contribution in [0.2, 0.25) is 0 Å². The Labute approximate surface area is 114 Å². The first-order valence-corrected chi connectivity index (χ1v) is 7.71. The van der Waals surface area contributed by atoms with E-state index in [0.717, 1.165) is 11.8 Å². The van der Waals surface area contributed by atoms with E-state index in [1.165, 1.54) is 14.2 Å². The molecule has 0 bridgehead atoms. The molecule has 5 nitrogen and oxygen atoms in total. The summed E-state index contributed by atoms with van der Waals surface area (Å²) in [5.41, 5.74) is 6.44. The highest BCUT2D eigenvalue weighted by Crippen LogP contribution is 2.35. The zero-order valence-corrected chi connectivity index (χ0v) is 12.8. The first kappa shape index (κ1) is 15.8. The summed E-state index contributed by atoms with van der Waals surface area (Å²) in [6.45, 7) is 3.80. The first-order chi connectivity index (χ1) is 8.58. The number of nitrogens with two attached hydrogens (primary N) is 1. The van der Waals surface area contributed by atoms with Gasteiger partial charge in [0.15, 0.2) is 14.7 Å². The molecule has 0 aliphatic carbocycles. The van der Waals surface area contributed by atoms with Crippen molar-refractivity contribution in [3.63, 3.8) is 0 Å². The fourth-order valence-electron chi connectivity index (χ4n) is 1.93. The molecule has 0 saturated carbocycles.